The van der Waals surface area contributed by atoms with Crippen LogP contribution in [0.2, 0.25) is 0 Å². The van der Waals surface area contributed by atoms with Crippen molar-refractivity contribution in [3.05, 3.63) is 32.4 Å². The number of nitrogens with zero attached hydrogens (tertiary/aromatic N) is 2. The van der Waals surface area contributed by atoms with Gasteiger partial charge < -0.3 is 5.32 Å². The molecule has 2 aliphatic rings. The van der Waals surface area contributed by atoms with Crippen molar-refractivity contribution in [2.75, 3.05) is 12.3 Å². The lowest BCUT2D eigenvalue weighted by Crippen LogP contribution is -2.28. The second-order valence-corrected chi connectivity index (χ2v) is 9.86. The van der Waals surface area contributed by atoms with Gasteiger partial charge in [-0.25, -0.2) is 4.98 Å². The normalized spacial score (nSPS) is 16.5. The summed E-state index contributed by atoms with van der Waals surface area (Å²) in [5.74, 6) is 0.302. The first-order valence-electron chi connectivity index (χ1n) is 10.8. The molecule has 0 aromatic carbocycles. The maximum atomic E-state index is 13.1. The third-order valence-corrected chi connectivity index (χ3v) is 8.00. The Morgan fingerprint density at radius 2 is 2.07 bits per heavy atom. The molecule has 0 spiro atoms. The molecule has 156 valence electrons. The van der Waals surface area contributed by atoms with Crippen LogP contribution in [0.1, 0.15) is 62.3 Å². The molecule has 0 saturated heterocycles. The molecule has 2 aromatic rings. The van der Waals surface area contributed by atoms with Crippen molar-refractivity contribution in [1.29, 1.82) is 0 Å². The molecule has 29 heavy (non-hydrogen) atoms. The smallest absolute Gasteiger partial charge is 0.263 e. The fourth-order valence-corrected chi connectivity index (χ4v) is 6.48. The third kappa shape index (κ3) is 4.61. The van der Waals surface area contributed by atoms with Crippen LogP contribution in [0.3, 0.4) is 0 Å². The topological polar surface area (TPSA) is 64.0 Å². The highest BCUT2D eigenvalue weighted by Crippen LogP contribution is 2.34. The van der Waals surface area contributed by atoms with Gasteiger partial charge in [-0.2, -0.15) is 0 Å². The van der Waals surface area contributed by atoms with Gasteiger partial charge in [-0.15, -0.1) is 11.3 Å². The average molecular weight is 432 g/mol. The molecule has 2 heterocycles. The molecule has 7 heteroatoms. The lowest BCUT2D eigenvalue weighted by Gasteiger charge is -2.13. The Morgan fingerprint density at radius 1 is 1.24 bits per heavy atom. The Bertz CT molecular complexity index is 990. The van der Waals surface area contributed by atoms with Crippen LogP contribution in [0.5, 0.6) is 0 Å². The lowest BCUT2D eigenvalue weighted by atomic mass is 9.97. The minimum atomic E-state index is 0.00822. The van der Waals surface area contributed by atoms with Crippen LogP contribution >= 0.6 is 23.1 Å². The van der Waals surface area contributed by atoms with Gasteiger partial charge >= 0.3 is 0 Å². The predicted octanol–water partition coefficient (Wildman–Crippen LogP) is 4.46. The van der Waals surface area contributed by atoms with Gasteiger partial charge in [0.2, 0.25) is 5.91 Å². The van der Waals surface area contributed by atoms with Crippen LogP contribution in [0, 0.1) is 0 Å². The number of aromatic nitrogens is 2. The molecule has 5 nitrogen and oxygen atoms in total. The molecule has 2 aromatic heterocycles. The Hall–Kier alpha value is -1.60. The summed E-state index contributed by atoms with van der Waals surface area (Å²) in [6.45, 7) is 3.23. The number of thioether (sulfide) groups is 1. The summed E-state index contributed by atoms with van der Waals surface area (Å²) in [6, 6.07) is 0. The molecule has 0 saturated carbocycles. The quantitative estimate of drug-likeness (QED) is 0.399. The van der Waals surface area contributed by atoms with Crippen LogP contribution in [0.25, 0.3) is 10.2 Å². The van der Waals surface area contributed by atoms with Gasteiger partial charge in [0.05, 0.1) is 11.1 Å². The number of amides is 1. The van der Waals surface area contributed by atoms with E-state index < -0.39 is 0 Å². The summed E-state index contributed by atoms with van der Waals surface area (Å²) in [5, 5.41) is 4.50. The Labute approximate surface area is 180 Å². The minimum absolute atomic E-state index is 0.00822. The van der Waals surface area contributed by atoms with E-state index >= 15 is 0 Å². The second-order valence-electron chi connectivity index (χ2n) is 7.83. The number of rotatable bonds is 7. The molecule has 1 N–H and O–H groups in total. The molecule has 0 aliphatic heterocycles. The van der Waals surface area contributed by atoms with Crippen molar-refractivity contribution in [2.45, 2.75) is 76.4 Å². The van der Waals surface area contributed by atoms with Gasteiger partial charge in [0, 0.05) is 18.0 Å². The molecule has 0 unspecified atom stereocenters. The second kappa shape index (κ2) is 9.47. The number of carbonyl (C=O) groups excluding carboxylic acids is 1. The van der Waals surface area contributed by atoms with E-state index in [4.69, 9.17) is 4.98 Å². The van der Waals surface area contributed by atoms with Crippen molar-refractivity contribution < 1.29 is 4.79 Å². The van der Waals surface area contributed by atoms with Crippen LogP contribution < -0.4 is 10.9 Å². The van der Waals surface area contributed by atoms with Gasteiger partial charge in [0.15, 0.2) is 5.16 Å². The zero-order valence-electron chi connectivity index (χ0n) is 17.1. The molecular weight excluding hydrogens is 402 g/mol. The molecule has 2 aliphatic carbocycles. The molecule has 0 bridgehead atoms. The summed E-state index contributed by atoms with van der Waals surface area (Å²) in [4.78, 5) is 32.4. The molecule has 0 atom stereocenters. The standard InChI is InChI=1S/C22H29N3O2S2/c1-2-25-21(27)19-16-10-6-7-11-17(16)29-20(19)24-22(25)28-14-18(26)23-13-12-15-8-4-3-5-9-15/h8H,2-7,9-14H2,1H3,(H,23,26). The monoisotopic (exact) mass is 431 g/mol. The van der Waals surface area contributed by atoms with E-state index in [1.54, 1.807) is 15.9 Å². The zero-order valence-corrected chi connectivity index (χ0v) is 18.7. The Balaban J connectivity index is 1.42. The van der Waals surface area contributed by atoms with Gasteiger partial charge in [0.25, 0.3) is 5.56 Å². The number of hydrogen-bond donors (Lipinski definition) is 1. The SMILES string of the molecule is CCn1c(SCC(=O)NCCC2=CCCCC2)nc2sc3c(c2c1=O)CCCC3. The maximum Gasteiger partial charge on any atom is 0.263 e. The Morgan fingerprint density at radius 3 is 2.86 bits per heavy atom. The summed E-state index contributed by atoms with van der Waals surface area (Å²) in [5.41, 5.74) is 2.75. The largest absolute Gasteiger partial charge is 0.355 e. The van der Waals surface area contributed by atoms with Gasteiger partial charge in [0.1, 0.15) is 4.83 Å². The first kappa shape index (κ1) is 20.7. The highest BCUT2D eigenvalue weighted by Gasteiger charge is 2.22. The van der Waals surface area contributed by atoms with E-state index in [2.05, 4.69) is 11.4 Å². The number of nitrogens with one attached hydrogen (secondary N) is 1. The molecule has 0 fully saturated rings. The van der Waals surface area contributed by atoms with Gasteiger partial charge in [-0.05, 0) is 70.3 Å². The highest BCUT2D eigenvalue weighted by atomic mass is 32.2. The van der Waals surface area contributed by atoms with Crippen LogP contribution in [0.4, 0.5) is 0 Å². The Kier molecular flexibility index (Phi) is 6.75. The average Bonchev–Trinajstić information content (AvgIpc) is 3.11. The van der Waals surface area contributed by atoms with Gasteiger partial charge in [-0.3, -0.25) is 14.2 Å². The van der Waals surface area contributed by atoms with Crippen molar-refractivity contribution in [3.63, 3.8) is 0 Å². The van der Waals surface area contributed by atoms with E-state index in [1.807, 2.05) is 6.92 Å². The molecule has 4 rings (SSSR count). The molecule has 1 amide bonds. The third-order valence-electron chi connectivity index (χ3n) is 5.84. The van der Waals surface area contributed by atoms with Gasteiger partial charge in [-0.1, -0.05) is 23.4 Å². The van der Waals surface area contributed by atoms with E-state index in [1.165, 1.54) is 59.9 Å². The summed E-state index contributed by atoms with van der Waals surface area (Å²) in [6.07, 6.45) is 12.6. The summed E-state index contributed by atoms with van der Waals surface area (Å²) in [7, 11) is 0. The minimum Gasteiger partial charge on any atom is -0.355 e. The van der Waals surface area contributed by atoms with Crippen molar-refractivity contribution in [2.24, 2.45) is 0 Å². The molecular formula is C22H29N3O2S2. The first-order valence-corrected chi connectivity index (χ1v) is 12.6. The number of hydrogen-bond acceptors (Lipinski definition) is 5. The van der Waals surface area contributed by atoms with Crippen molar-refractivity contribution >= 4 is 39.2 Å². The first-order chi connectivity index (χ1) is 14.2. The lowest BCUT2D eigenvalue weighted by molar-refractivity contribution is -0.118. The van der Waals surface area contributed by atoms with Crippen molar-refractivity contribution in [3.8, 4) is 0 Å². The van der Waals surface area contributed by atoms with Crippen LogP contribution in [-0.2, 0) is 24.2 Å². The summed E-state index contributed by atoms with van der Waals surface area (Å²) >= 11 is 3.04. The number of aryl methyl sites for hydroxylation is 2. The summed E-state index contributed by atoms with van der Waals surface area (Å²) < 4.78 is 1.73. The number of fused-ring (bicyclic) bond motifs is 3. The fraction of sp³-hybridized carbons (Fsp3) is 0.591. The molecule has 0 radical (unpaired) electrons. The highest BCUT2D eigenvalue weighted by molar-refractivity contribution is 7.99. The van der Waals surface area contributed by atoms with E-state index in [0.29, 0.717) is 24.0 Å². The number of thiophene rings is 1. The van der Waals surface area contributed by atoms with Crippen LogP contribution in [0.15, 0.2) is 21.6 Å². The van der Waals surface area contributed by atoms with E-state index in [9.17, 15) is 9.59 Å². The predicted molar refractivity (Wildman–Crippen MR) is 121 cm³/mol. The fourth-order valence-electron chi connectivity index (χ4n) is 4.28. The number of carbonyl (C=O) groups is 1. The van der Waals surface area contributed by atoms with E-state index in [-0.39, 0.29) is 11.5 Å². The van der Waals surface area contributed by atoms with Crippen molar-refractivity contribution in [1.82, 2.24) is 14.9 Å². The zero-order chi connectivity index (χ0) is 20.2. The number of allylic oxidation sites excluding steroid dienone is 1. The van der Waals surface area contributed by atoms with Crippen LogP contribution in [-0.4, -0.2) is 27.8 Å². The van der Waals surface area contributed by atoms with E-state index in [0.717, 1.165) is 35.9 Å². The maximum absolute atomic E-state index is 13.1.